The van der Waals surface area contributed by atoms with Gasteiger partial charge in [-0.25, -0.2) is 9.37 Å². The third-order valence-electron chi connectivity index (χ3n) is 2.48. The van der Waals surface area contributed by atoms with E-state index in [4.69, 9.17) is 0 Å². The minimum Gasteiger partial charge on any atom is -0.380 e. The van der Waals surface area contributed by atoms with Crippen LogP contribution < -0.4 is 10.6 Å². The summed E-state index contributed by atoms with van der Waals surface area (Å²) in [5.41, 5.74) is 1.81. The highest BCUT2D eigenvalue weighted by molar-refractivity contribution is 5.87. The predicted octanol–water partition coefficient (Wildman–Crippen LogP) is 2.79. The third kappa shape index (κ3) is 4.06. The van der Waals surface area contributed by atoms with Gasteiger partial charge < -0.3 is 10.6 Å². The van der Waals surface area contributed by atoms with Crippen molar-refractivity contribution < 1.29 is 9.18 Å². The fraction of sp³-hybridized carbons (Fsp3) is 0.143. The van der Waals surface area contributed by atoms with Crippen LogP contribution in [0.15, 0.2) is 42.6 Å². The third-order valence-corrected chi connectivity index (χ3v) is 2.48. The number of aromatic nitrogens is 1. The Kier molecular flexibility index (Phi) is 4.07. The number of halogens is 1. The molecule has 0 bridgehead atoms. The quantitative estimate of drug-likeness (QED) is 0.887. The van der Waals surface area contributed by atoms with Crippen LogP contribution in [0, 0.1) is 5.82 Å². The average Bonchev–Trinajstić information content (AvgIpc) is 2.39. The van der Waals surface area contributed by atoms with Gasteiger partial charge in [0.1, 0.15) is 11.6 Å². The maximum Gasteiger partial charge on any atom is 0.222 e. The molecular weight excluding hydrogens is 245 g/mol. The molecule has 0 unspecified atom stereocenters. The number of pyridine rings is 1. The van der Waals surface area contributed by atoms with Gasteiger partial charge in [0.25, 0.3) is 0 Å². The van der Waals surface area contributed by atoms with Crippen molar-refractivity contribution in [3.63, 3.8) is 0 Å². The van der Waals surface area contributed by atoms with E-state index in [1.54, 1.807) is 24.4 Å². The SMILES string of the molecule is CC(=O)Nc1ccc(NCc2ccc(F)cc2)cn1. The largest absolute Gasteiger partial charge is 0.380 e. The molecule has 4 nitrogen and oxygen atoms in total. The van der Waals surface area contributed by atoms with Crippen molar-refractivity contribution in [1.82, 2.24) is 4.98 Å². The highest BCUT2D eigenvalue weighted by Crippen LogP contribution is 2.11. The molecule has 0 aliphatic rings. The minimum atomic E-state index is -0.245. The Morgan fingerprint density at radius 1 is 1.21 bits per heavy atom. The molecule has 1 aromatic carbocycles. The highest BCUT2D eigenvalue weighted by atomic mass is 19.1. The van der Waals surface area contributed by atoms with Gasteiger partial charge in [0, 0.05) is 13.5 Å². The number of amides is 1. The van der Waals surface area contributed by atoms with Crippen LogP contribution in [0.1, 0.15) is 12.5 Å². The molecule has 2 rings (SSSR count). The van der Waals surface area contributed by atoms with Crippen LogP contribution in [0.5, 0.6) is 0 Å². The zero-order valence-electron chi connectivity index (χ0n) is 10.5. The summed E-state index contributed by atoms with van der Waals surface area (Å²) in [5, 5.41) is 5.76. The molecule has 0 spiro atoms. The molecule has 0 atom stereocenters. The average molecular weight is 259 g/mol. The first kappa shape index (κ1) is 13.0. The van der Waals surface area contributed by atoms with Crippen LogP contribution in [0.2, 0.25) is 0 Å². The van der Waals surface area contributed by atoms with Crippen molar-refractivity contribution >= 4 is 17.4 Å². The number of carbonyl (C=O) groups is 1. The van der Waals surface area contributed by atoms with E-state index in [0.29, 0.717) is 12.4 Å². The number of benzene rings is 1. The fourth-order valence-corrected chi connectivity index (χ4v) is 1.56. The van der Waals surface area contributed by atoms with E-state index in [2.05, 4.69) is 15.6 Å². The Balaban J connectivity index is 1.92. The first-order chi connectivity index (χ1) is 9.13. The molecule has 19 heavy (non-hydrogen) atoms. The zero-order chi connectivity index (χ0) is 13.7. The summed E-state index contributed by atoms with van der Waals surface area (Å²) in [5.74, 6) is 0.115. The van der Waals surface area contributed by atoms with E-state index < -0.39 is 0 Å². The van der Waals surface area contributed by atoms with Gasteiger partial charge in [0.2, 0.25) is 5.91 Å². The van der Waals surface area contributed by atoms with E-state index in [1.165, 1.54) is 19.1 Å². The van der Waals surface area contributed by atoms with E-state index in [1.807, 2.05) is 6.07 Å². The normalized spacial score (nSPS) is 10.0. The van der Waals surface area contributed by atoms with Gasteiger partial charge >= 0.3 is 0 Å². The Hall–Kier alpha value is -2.43. The van der Waals surface area contributed by atoms with Crippen molar-refractivity contribution in [2.45, 2.75) is 13.5 Å². The van der Waals surface area contributed by atoms with Gasteiger partial charge in [-0.1, -0.05) is 12.1 Å². The van der Waals surface area contributed by atoms with Crippen LogP contribution in [-0.4, -0.2) is 10.9 Å². The van der Waals surface area contributed by atoms with Gasteiger partial charge in [-0.3, -0.25) is 4.79 Å². The van der Waals surface area contributed by atoms with Crippen LogP contribution in [-0.2, 0) is 11.3 Å². The Morgan fingerprint density at radius 2 is 1.95 bits per heavy atom. The molecular formula is C14H14FN3O. The van der Waals surface area contributed by atoms with E-state index in [-0.39, 0.29) is 11.7 Å². The topological polar surface area (TPSA) is 54.0 Å². The highest BCUT2D eigenvalue weighted by Gasteiger charge is 1.98. The van der Waals surface area contributed by atoms with E-state index >= 15 is 0 Å². The number of hydrogen-bond acceptors (Lipinski definition) is 3. The number of anilines is 2. The smallest absolute Gasteiger partial charge is 0.222 e. The maximum absolute atomic E-state index is 12.7. The standard InChI is InChI=1S/C14H14FN3O/c1-10(19)18-14-7-6-13(9-17-14)16-8-11-2-4-12(15)5-3-11/h2-7,9,16H,8H2,1H3,(H,17,18,19). The molecule has 0 fully saturated rings. The summed E-state index contributed by atoms with van der Waals surface area (Å²) in [6.07, 6.45) is 1.63. The first-order valence-electron chi connectivity index (χ1n) is 5.85. The second-order valence-corrected chi connectivity index (χ2v) is 4.09. The summed E-state index contributed by atoms with van der Waals surface area (Å²) in [4.78, 5) is 14.9. The molecule has 0 aliphatic carbocycles. The van der Waals surface area contributed by atoms with Crippen molar-refractivity contribution in [3.8, 4) is 0 Å². The monoisotopic (exact) mass is 259 g/mol. The van der Waals surface area contributed by atoms with Crippen LogP contribution in [0.3, 0.4) is 0 Å². The van der Waals surface area contributed by atoms with Crippen LogP contribution in [0.4, 0.5) is 15.9 Å². The Bertz CT molecular complexity index is 552. The fourth-order valence-electron chi connectivity index (χ4n) is 1.56. The zero-order valence-corrected chi connectivity index (χ0v) is 10.5. The number of nitrogens with one attached hydrogen (secondary N) is 2. The molecule has 2 N–H and O–H groups in total. The van der Waals surface area contributed by atoms with Gasteiger partial charge in [0.15, 0.2) is 0 Å². The second-order valence-electron chi connectivity index (χ2n) is 4.09. The number of hydrogen-bond donors (Lipinski definition) is 2. The number of nitrogens with zero attached hydrogens (tertiary/aromatic N) is 1. The molecule has 5 heteroatoms. The van der Waals surface area contributed by atoms with Crippen molar-refractivity contribution in [2.75, 3.05) is 10.6 Å². The molecule has 98 valence electrons. The van der Waals surface area contributed by atoms with Gasteiger partial charge in [-0.2, -0.15) is 0 Å². The predicted molar refractivity (Wildman–Crippen MR) is 72.3 cm³/mol. The van der Waals surface area contributed by atoms with Crippen LogP contribution >= 0.6 is 0 Å². The van der Waals surface area contributed by atoms with Crippen molar-refractivity contribution in [3.05, 3.63) is 54.0 Å². The molecule has 1 amide bonds. The Labute approximate surface area is 110 Å². The summed E-state index contributed by atoms with van der Waals surface area (Å²) in [7, 11) is 0. The number of rotatable bonds is 4. The van der Waals surface area contributed by atoms with Crippen molar-refractivity contribution in [2.24, 2.45) is 0 Å². The van der Waals surface area contributed by atoms with Crippen molar-refractivity contribution in [1.29, 1.82) is 0 Å². The summed E-state index contributed by atoms with van der Waals surface area (Å²) < 4.78 is 12.7. The lowest BCUT2D eigenvalue weighted by atomic mass is 10.2. The number of carbonyl (C=O) groups excluding carboxylic acids is 1. The molecule has 0 saturated carbocycles. The van der Waals surface area contributed by atoms with E-state index in [0.717, 1.165) is 11.3 Å². The molecule has 2 aromatic rings. The van der Waals surface area contributed by atoms with E-state index in [9.17, 15) is 9.18 Å². The lowest BCUT2D eigenvalue weighted by molar-refractivity contribution is -0.114. The molecule has 0 saturated heterocycles. The van der Waals surface area contributed by atoms with Crippen LogP contribution in [0.25, 0.3) is 0 Å². The second kappa shape index (κ2) is 5.95. The molecule has 1 heterocycles. The lowest BCUT2D eigenvalue weighted by Gasteiger charge is -2.07. The molecule has 0 aliphatic heterocycles. The maximum atomic E-state index is 12.7. The van der Waals surface area contributed by atoms with Gasteiger partial charge in [-0.15, -0.1) is 0 Å². The summed E-state index contributed by atoms with van der Waals surface area (Å²) in [6.45, 7) is 2.02. The summed E-state index contributed by atoms with van der Waals surface area (Å²) in [6, 6.07) is 9.84. The molecule has 0 radical (unpaired) electrons. The first-order valence-corrected chi connectivity index (χ1v) is 5.85. The van der Waals surface area contributed by atoms with Gasteiger partial charge in [0.05, 0.1) is 11.9 Å². The van der Waals surface area contributed by atoms with Gasteiger partial charge in [-0.05, 0) is 29.8 Å². The Morgan fingerprint density at radius 3 is 2.53 bits per heavy atom. The molecule has 1 aromatic heterocycles. The minimum absolute atomic E-state index is 0.153. The lowest BCUT2D eigenvalue weighted by Crippen LogP contribution is -2.07. The summed E-state index contributed by atoms with van der Waals surface area (Å²) >= 11 is 0.